The van der Waals surface area contributed by atoms with Gasteiger partial charge in [-0.2, -0.15) is 0 Å². The first kappa shape index (κ1) is 12.6. The number of nitrogens with one attached hydrogen (secondary N) is 1. The second kappa shape index (κ2) is 4.46. The van der Waals surface area contributed by atoms with E-state index in [9.17, 15) is 8.42 Å². The third-order valence-electron chi connectivity index (χ3n) is 3.26. The average Bonchev–Trinajstić information content (AvgIpc) is 2.81. The van der Waals surface area contributed by atoms with Crippen LogP contribution in [0.4, 0.5) is 0 Å². The maximum atomic E-state index is 11.4. The number of sulfone groups is 1. The van der Waals surface area contributed by atoms with Crippen LogP contribution >= 0.6 is 0 Å². The van der Waals surface area contributed by atoms with Gasteiger partial charge in [0.1, 0.15) is 11.5 Å². The molecule has 1 aromatic heterocycles. The molecule has 1 aromatic rings. The normalized spacial score (nSPS) is 27.4. The highest BCUT2D eigenvalue weighted by molar-refractivity contribution is 7.91. The van der Waals surface area contributed by atoms with Gasteiger partial charge >= 0.3 is 0 Å². The van der Waals surface area contributed by atoms with Crippen LogP contribution in [0.2, 0.25) is 0 Å². The van der Waals surface area contributed by atoms with Crippen molar-refractivity contribution in [3.8, 4) is 0 Å². The minimum absolute atomic E-state index is 0.224. The molecule has 0 aromatic carbocycles. The maximum absolute atomic E-state index is 11.4. The molecule has 1 fully saturated rings. The van der Waals surface area contributed by atoms with Crippen molar-refractivity contribution in [1.82, 2.24) is 5.32 Å². The van der Waals surface area contributed by atoms with Crippen molar-refractivity contribution in [2.24, 2.45) is 0 Å². The molecule has 0 saturated carbocycles. The van der Waals surface area contributed by atoms with E-state index in [4.69, 9.17) is 4.42 Å². The molecule has 4 nitrogen and oxygen atoms in total. The van der Waals surface area contributed by atoms with E-state index in [0.717, 1.165) is 17.9 Å². The van der Waals surface area contributed by atoms with Gasteiger partial charge in [0.15, 0.2) is 9.84 Å². The van der Waals surface area contributed by atoms with Crippen LogP contribution in [0.3, 0.4) is 0 Å². The first-order valence-corrected chi connectivity index (χ1v) is 7.78. The summed E-state index contributed by atoms with van der Waals surface area (Å²) in [4.78, 5) is 0. The van der Waals surface area contributed by atoms with E-state index >= 15 is 0 Å². The molecule has 0 radical (unpaired) electrons. The molecule has 5 heteroatoms. The SMILES string of the molecule is CCc1ccc(CNC2(C)CCS(=O)(=O)C2)o1. The number of aryl methyl sites for hydroxylation is 1. The lowest BCUT2D eigenvalue weighted by atomic mass is 10.0. The first-order chi connectivity index (χ1) is 7.92. The topological polar surface area (TPSA) is 59.3 Å². The third-order valence-corrected chi connectivity index (χ3v) is 5.16. The fraction of sp³-hybridized carbons (Fsp3) is 0.667. The minimum Gasteiger partial charge on any atom is -0.465 e. The number of furan rings is 1. The molecule has 0 aliphatic carbocycles. The molecule has 2 rings (SSSR count). The fourth-order valence-corrected chi connectivity index (χ4v) is 4.28. The van der Waals surface area contributed by atoms with Crippen LogP contribution in [0.15, 0.2) is 16.5 Å². The van der Waals surface area contributed by atoms with Crippen molar-refractivity contribution in [3.63, 3.8) is 0 Å². The van der Waals surface area contributed by atoms with Crippen LogP contribution in [0.25, 0.3) is 0 Å². The van der Waals surface area contributed by atoms with Crippen molar-refractivity contribution in [2.75, 3.05) is 11.5 Å². The third kappa shape index (κ3) is 3.10. The molecule has 96 valence electrons. The van der Waals surface area contributed by atoms with Crippen molar-refractivity contribution in [1.29, 1.82) is 0 Å². The minimum atomic E-state index is -2.85. The van der Waals surface area contributed by atoms with Crippen LogP contribution < -0.4 is 5.32 Å². The fourth-order valence-electron chi connectivity index (χ4n) is 2.16. The number of rotatable bonds is 4. The number of hydrogen-bond donors (Lipinski definition) is 1. The van der Waals surface area contributed by atoms with E-state index in [0.29, 0.717) is 13.0 Å². The summed E-state index contributed by atoms with van der Waals surface area (Å²) in [6, 6.07) is 3.91. The summed E-state index contributed by atoms with van der Waals surface area (Å²) in [5.74, 6) is 2.34. The summed E-state index contributed by atoms with van der Waals surface area (Å²) in [5.41, 5.74) is -0.308. The lowest BCUT2D eigenvalue weighted by molar-refractivity contribution is 0.362. The molecule has 1 atom stereocenters. The first-order valence-electron chi connectivity index (χ1n) is 5.95. The molecule has 0 bridgehead atoms. The summed E-state index contributed by atoms with van der Waals surface area (Å²) in [6.07, 6.45) is 1.56. The molecule has 0 amide bonds. The van der Waals surface area contributed by atoms with Crippen molar-refractivity contribution in [3.05, 3.63) is 23.7 Å². The molecule has 0 spiro atoms. The van der Waals surface area contributed by atoms with Crippen molar-refractivity contribution >= 4 is 9.84 Å². The largest absolute Gasteiger partial charge is 0.465 e. The van der Waals surface area contributed by atoms with E-state index < -0.39 is 9.84 Å². The Morgan fingerprint density at radius 3 is 2.65 bits per heavy atom. The molecule has 1 aliphatic heterocycles. The second-order valence-electron chi connectivity index (χ2n) is 4.98. The molecular formula is C12H19NO3S. The van der Waals surface area contributed by atoms with E-state index in [-0.39, 0.29) is 17.0 Å². The van der Waals surface area contributed by atoms with Crippen molar-refractivity contribution in [2.45, 2.75) is 38.8 Å². The zero-order chi connectivity index (χ0) is 12.5. The van der Waals surface area contributed by atoms with Crippen LogP contribution in [-0.2, 0) is 22.8 Å². The van der Waals surface area contributed by atoms with Gasteiger partial charge < -0.3 is 9.73 Å². The molecule has 1 saturated heterocycles. The lowest BCUT2D eigenvalue weighted by Crippen LogP contribution is -2.42. The molecule has 1 aliphatic rings. The summed E-state index contributed by atoms with van der Waals surface area (Å²) in [7, 11) is -2.85. The smallest absolute Gasteiger partial charge is 0.152 e. The highest BCUT2D eigenvalue weighted by Gasteiger charge is 2.37. The predicted octanol–water partition coefficient (Wildman–Crippen LogP) is 1.51. The Morgan fingerprint density at radius 2 is 2.12 bits per heavy atom. The van der Waals surface area contributed by atoms with E-state index in [1.165, 1.54) is 0 Å². The van der Waals surface area contributed by atoms with E-state index in [1.54, 1.807) is 0 Å². The van der Waals surface area contributed by atoms with Gasteiger partial charge in [0.05, 0.1) is 18.1 Å². The Morgan fingerprint density at radius 1 is 1.41 bits per heavy atom. The molecule has 2 heterocycles. The van der Waals surface area contributed by atoms with Gasteiger partial charge in [-0.15, -0.1) is 0 Å². The molecule has 1 unspecified atom stereocenters. The maximum Gasteiger partial charge on any atom is 0.152 e. The Kier molecular flexibility index (Phi) is 3.32. The van der Waals surface area contributed by atoms with E-state index in [1.807, 2.05) is 26.0 Å². The summed E-state index contributed by atoms with van der Waals surface area (Å²) >= 11 is 0. The van der Waals surface area contributed by atoms with Gasteiger partial charge in [0.25, 0.3) is 0 Å². The molecule has 17 heavy (non-hydrogen) atoms. The van der Waals surface area contributed by atoms with Crippen LogP contribution in [0.1, 0.15) is 31.8 Å². The van der Waals surface area contributed by atoms with Crippen molar-refractivity contribution < 1.29 is 12.8 Å². The Bertz CT molecular complexity index is 492. The second-order valence-corrected chi connectivity index (χ2v) is 7.16. The highest BCUT2D eigenvalue weighted by atomic mass is 32.2. The van der Waals surface area contributed by atoms with Gasteiger partial charge in [0, 0.05) is 12.0 Å². The zero-order valence-corrected chi connectivity index (χ0v) is 11.1. The lowest BCUT2D eigenvalue weighted by Gasteiger charge is -2.23. The van der Waals surface area contributed by atoms with Gasteiger partial charge in [-0.25, -0.2) is 8.42 Å². The van der Waals surface area contributed by atoms with Gasteiger partial charge in [-0.05, 0) is 25.5 Å². The Labute approximate surface area is 102 Å². The zero-order valence-electron chi connectivity index (χ0n) is 10.3. The van der Waals surface area contributed by atoms with Gasteiger partial charge in [0.2, 0.25) is 0 Å². The van der Waals surface area contributed by atoms with Crippen LogP contribution in [0, 0.1) is 0 Å². The Hall–Kier alpha value is -0.810. The standard InChI is InChI=1S/C12H19NO3S/c1-3-10-4-5-11(16-10)8-13-12(2)6-7-17(14,15)9-12/h4-5,13H,3,6-9H2,1-2H3. The predicted molar refractivity (Wildman–Crippen MR) is 66.6 cm³/mol. The van der Waals surface area contributed by atoms with E-state index in [2.05, 4.69) is 5.32 Å². The van der Waals surface area contributed by atoms with Crippen LogP contribution in [0.5, 0.6) is 0 Å². The number of hydrogen-bond acceptors (Lipinski definition) is 4. The van der Waals surface area contributed by atoms with Gasteiger partial charge in [-0.3, -0.25) is 0 Å². The van der Waals surface area contributed by atoms with Crippen LogP contribution in [-0.4, -0.2) is 25.5 Å². The highest BCUT2D eigenvalue weighted by Crippen LogP contribution is 2.23. The summed E-state index contributed by atoms with van der Waals surface area (Å²) in [6.45, 7) is 4.59. The Balaban J connectivity index is 1.94. The quantitative estimate of drug-likeness (QED) is 0.888. The van der Waals surface area contributed by atoms with Gasteiger partial charge in [-0.1, -0.05) is 6.92 Å². The monoisotopic (exact) mass is 257 g/mol. The average molecular weight is 257 g/mol. The summed E-state index contributed by atoms with van der Waals surface area (Å²) in [5, 5.41) is 3.29. The summed E-state index contributed by atoms with van der Waals surface area (Å²) < 4.78 is 28.5. The molecular weight excluding hydrogens is 238 g/mol. The molecule has 1 N–H and O–H groups in total.